The molecule has 5 heteroatoms. The van der Waals surface area contributed by atoms with Crippen LogP contribution in [0, 0.1) is 13.8 Å². The van der Waals surface area contributed by atoms with Crippen molar-refractivity contribution in [1.82, 2.24) is 0 Å². The van der Waals surface area contributed by atoms with E-state index in [1.165, 1.54) is 0 Å². The van der Waals surface area contributed by atoms with Gasteiger partial charge in [-0.3, -0.25) is 0 Å². The average molecular weight is 349 g/mol. The second-order valence-electron chi connectivity index (χ2n) is 4.75. The molecule has 0 saturated carbocycles. The SMILES string of the molecule is COc1ccc(NC(=O)Nc2c(C)cc(C)cc2Br)cc1. The predicted octanol–water partition coefficient (Wildman–Crippen LogP) is 4.72. The lowest BCUT2D eigenvalue weighted by Crippen LogP contribution is -2.20. The van der Waals surface area contributed by atoms with E-state index < -0.39 is 0 Å². The second kappa shape index (κ2) is 6.63. The molecule has 0 aliphatic rings. The van der Waals surface area contributed by atoms with E-state index in [9.17, 15) is 4.79 Å². The Labute approximate surface area is 132 Å². The van der Waals surface area contributed by atoms with E-state index in [0.717, 1.165) is 27.0 Å². The topological polar surface area (TPSA) is 50.4 Å². The first kappa shape index (κ1) is 15.4. The molecule has 2 N–H and O–H groups in total. The summed E-state index contributed by atoms with van der Waals surface area (Å²) < 4.78 is 5.94. The Hall–Kier alpha value is -2.01. The minimum Gasteiger partial charge on any atom is -0.497 e. The number of hydrogen-bond donors (Lipinski definition) is 2. The Morgan fingerprint density at radius 3 is 2.33 bits per heavy atom. The summed E-state index contributed by atoms with van der Waals surface area (Å²) in [5.74, 6) is 0.748. The third kappa shape index (κ3) is 3.98. The van der Waals surface area contributed by atoms with Crippen LogP contribution in [0.5, 0.6) is 5.75 Å². The van der Waals surface area contributed by atoms with Gasteiger partial charge in [-0.1, -0.05) is 6.07 Å². The van der Waals surface area contributed by atoms with Gasteiger partial charge in [0.05, 0.1) is 12.8 Å². The van der Waals surface area contributed by atoms with Gasteiger partial charge in [0.25, 0.3) is 0 Å². The summed E-state index contributed by atoms with van der Waals surface area (Å²) in [5.41, 5.74) is 3.62. The average Bonchev–Trinajstić information content (AvgIpc) is 2.43. The lowest BCUT2D eigenvalue weighted by molar-refractivity contribution is 0.262. The number of anilines is 2. The van der Waals surface area contributed by atoms with Crippen LogP contribution in [-0.2, 0) is 0 Å². The van der Waals surface area contributed by atoms with Crippen LogP contribution in [0.3, 0.4) is 0 Å². The zero-order valence-electron chi connectivity index (χ0n) is 12.2. The predicted molar refractivity (Wildman–Crippen MR) is 89.3 cm³/mol. The normalized spacial score (nSPS) is 10.1. The first-order valence-corrected chi connectivity index (χ1v) is 7.27. The number of hydrogen-bond acceptors (Lipinski definition) is 2. The number of rotatable bonds is 3. The fourth-order valence-electron chi connectivity index (χ4n) is 2.02. The molecule has 2 amide bonds. The number of carbonyl (C=O) groups is 1. The summed E-state index contributed by atoms with van der Waals surface area (Å²) in [4.78, 5) is 12.1. The monoisotopic (exact) mass is 348 g/mol. The number of aryl methyl sites for hydroxylation is 2. The summed E-state index contributed by atoms with van der Waals surface area (Å²) >= 11 is 3.47. The van der Waals surface area contributed by atoms with E-state index in [0.29, 0.717) is 5.69 Å². The Balaban J connectivity index is 2.08. The molecule has 0 radical (unpaired) electrons. The van der Waals surface area contributed by atoms with Gasteiger partial charge in [-0.2, -0.15) is 0 Å². The number of halogens is 1. The third-order valence-electron chi connectivity index (χ3n) is 3.02. The van der Waals surface area contributed by atoms with Gasteiger partial charge in [0, 0.05) is 10.2 Å². The van der Waals surface area contributed by atoms with E-state index >= 15 is 0 Å². The highest BCUT2D eigenvalue weighted by Gasteiger charge is 2.09. The highest BCUT2D eigenvalue weighted by atomic mass is 79.9. The molecule has 0 aromatic heterocycles. The van der Waals surface area contributed by atoms with Crippen molar-refractivity contribution >= 4 is 33.3 Å². The summed E-state index contributed by atoms with van der Waals surface area (Å²) in [6.07, 6.45) is 0. The van der Waals surface area contributed by atoms with E-state index in [4.69, 9.17) is 4.74 Å². The zero-order valence-corrected chi connectivity index (χ0v) is 13.7. The van der Waals surface area contributed by atoms with Crippen LogP contribution in [-0.4, -0.2) is 13.1 Å². The van der Waals surface area contributed by atoms with E-state index in [1.807, 2.05) is 26.0 Å². The fourth-order valence-corrected chi connectivity index (χ4v) is 2.80. The first-order chi connectivity index (χ1) is 9.99. The molecule has 0 heterocycles. The van der Waals surface area contributed by atoms with Crippen LogP contribution in [0.25, 0.3) is 0 Å². The first-order valence-electron chi connectivity index (χ1n) is 6.48. The molecule has 0 aliphatic heterocycles. The Bertz CT molecular complexity index is 631. The number of methoxy groups -OCH3 is 1. The van der Waals surface area contributed by atoms with Gasteiger partial charge in [0.15, 0.2) is 0 Å². The molecule has 2 aromatic carbocycles. The second-order valence-corrected chi connectivity index (χ2v) is 5.60. The molecule has 0 bridgehead atoms. The largest absolute Gasteiger partial charge is 0.497 e. The van der Waals surface area contributed by atoms with Gasteiger partial charge >= 0.3 is 6.03 Å². The lowest BCUT2D eigenvalue weighted by atomic mass is 10.1. The van der Waals surface area contributed by atoms with Crippen molar-refractivity contribution in [3.05, 3.63) is 52.0 Å². The quantitative estimate of drug-likeness (QED) is 0.843. The summed E-state index contributed by atoms with van der Waals surface area (Å²) in [6.45, 7) is 3.97. The molecule has 0 aliphatic carbocycles. The van der Waals surface area contributed by atoms with Crippen molar-refractivity contribution in [1.29, 1.82) is 0 Å². The number of carbonyl (C=O) groups excluding carboxylic acids is 1. The maximum Gasteiger partial charge on any atom is 0.323 e. The molecular formula is C16H17BrN2O2. The maximum absolute atomic E-state index is 12.1. The molecule has 0 spiro atoms. The molecule has 0 saturated heterocycles. The number of nitrogens with one attached hydrogen (secondary N) is 2. The van der Waals surface area contributed by atoms with Crippen LogP contribution >= 0.6 is 15.9 Å². The van der Waals surface area contributed by atoms with E-state index in [2.05, 4.69) is 26.6 Å². The number of benzene rings is 2. The van der Waals surface area contributed by atoms with Crippen LogP contribution < -0.4 is 15.4 Å². The van der Waals surface area contributed by atoms with Gasteiger partial charge in [0.1, 0.15) is 5.75 Å². The van der Waals surface area contributed by atoms with Crippen LogP contribution in [0.4, 0.5) is 16.2 Å². The number of amides is 2. The Kier molecular flexibility index (Phi) is 4.85. The minimum atomic E-state index is -0.284. The summed E-state index contributed by atoms with van der Waals surface area (Å²) in [7, 11) is 1.60. The van der Waals surface area contributed by atoms with Gasteiger partial charge in [-0.05, 0) is 71.2 Å². The van der Waals surface area contributed by atoms with Gasteiger partial charge in [0.2, 0.25) is 0 Å². The molecule has 0 atom stereocenters. The minimum absolute atomic E-state index is 0.284. The smallest absolute Gasteiger partial charge is 0.323 e. The molecule has 0 unspecified atom stereocenters. The molecule has 4 nitrogen and oxygen atoms in total. The van der Waals surface area contributed by atoms with Crippen LogP contribution in [0.1, 0.15) is 11.1 Å². The highest BCUT2D eigenvalue weighted by molar-refractivity contribution is 9.10. The summed E-state index contributed by atoms with van der Waals surface area (Å²) in [5, 5.41) is 5.64. The Morgan fingerprint density at radius 2 is 1.76 bits per heavy atom. The van der Waals surface area contributed by atoms with Crippen molar-refractivity contribution in [2.45, 2.75) is 13.8 Å². The molecule has 110 valence electrons. The number of urea groups is 1. The highest BCUT2D eigenvalue weighted by Crippen LogP contribution is 2.28. The van der Waals surface area contributed by atoms with Gasteiger partial charge in [-0.15, -0.1) is 0 Å². The third-order valence-corrected chi connectivity index (χ3v) is 3.64. The number of ether oxygens (including phenoxy) is 1. The molecule has 2 aromatic rings. The van der Waals surface area contributed by atoms with Gasteiger partial charge < -0.3 is 15.4 Å². The standard InChI is InChI=1S/C16H17BrN2O2/c1-10-8-11(2)15(14(17)9-10)19-16(20)18-12-4-6-13(21-3)7-5-12/h4-9H,1-3H3,(H2,18,19,20). The van der Waals surface area contributed by atoms with E-state index in [1.54, 1.807) is 31.4 Å². The van der Waals surface area contributed by atoms with Crippen molar-refractivity contribution in [3.8, 4) is 5.75 Å². The summed E-state index contributed by atoms with van der Waals surface area (Å²) in [6, 6.07) is 10.9. The Morgan fingerprint density at radius 1 is 1.10 bits per heavy atom. The van der Waals surface area contributed by atoms with Crippen LogP contribution in [0.2, 0.25) is 0 Å². The lowest BCUT2D eigenvalue weighted by Gasteiger charge is -2.13. The molecule has 2 rings (SSSR count). The molecule has 0 fully saturated rings. The molecule has 21 heavy (non-hydrogen) atoms. The van der Waals surface area contributed by atoms with Crippen molar-refractivity contribution < 1.29 is 9.53 Å². The van der Waals surface area contributed by atoms with Crippen molar-refractivity contribution in [3.63, 3.8) is 0 Å². The zero-order chi connectivity index (χ0) is 15.4. The maximum atomic E-state index is 12.1. The van der Waals surface area contributed by atoms with E-state index in [-0.39, 0.29) is 6.03 Å². The fraction of sp³-hybridized carbons (Fsp3) is 0.188. The molecular weight excluding hydrogens is 332 g/mol. The van der Waals surface area contributed by atoms with Crippen molar-refractivity contribution in [2.75, 3.05) is 17.7 Å². The van der Waals surface area contributed by atoms with Crippen LogP contribution in [0.15, 0.2) is 40.9 Å². The van der Waals surface area contributed by atoms with Crippen molar-refractivity contribution in [2.24, 2.45) is 0 Å². The van der Waals surface area contributed by atoms with Gasteiger partial charge in [-0.25, -0.2) is 4.79 Å².